The van der Waals surface area contributed by atoms with Gasteiger partial charge in [-0.1, -0.05) is 67.4 Å². The van der Waals surface area contributed by atoms with Gasteiger partial charge < -0.3 is 9.53 Å². The van der Waals surface area contributed by atoms with E-state index in [1.54, 1.807) is 0 Å². The lowest BCUT2D eigenvalue weighted by Crippen LogP contribution is -2.41. The van der Waals surface area contributed by atoms with Crippen LogP contribution in [0.3, 0.4) is 0 Å². The molecule has 0 saturated carbocycles. The van der Waals surface area contributed by atoms with Crippen molar-refractivity contribution in [2.24, 2.45) is 17.8 Å². The summed E-state index contributed by atoms with van der Waals surface area (Å²) in [5.41, 5.74) is 0.0701. The molecule has 0 aromatic rings. The van der Waals surface area contributed by atoms with E-state index < -0.39 is 14.3 Å². The first-order valence-corrected chi connectivity index (χ1v) is 12.6. The molecule has 0 radical (unpaired) electrons. The Balaban J connectivity index is 5.15. The monoisotopic (exact) mass is 384 g/mol. The fraction of sp³-hybridized carbons (Fsp3) is 0.810. The maximum atomic E-state index is 12.5. The van der Waals surface area contributed by atoms with E-state index in [1.807, 2.05) is 0 Å². The van der Waals surface area contributed by atoms with Crippen LogP contribution in [0.5, 0.6) is 0 Å². The standard InChI is InChI=1S/C21H40O4Si/c1-16(2)10-13-26(14-11-17(3)4,15-12-18(5)6)25-20(22)9-8-19(7)21(23)24/h16-18H,7-15H2,1-6H3,(H,23,24). The smallest absolute Gasteiger partial charge is 0.330 e. The van der Waals surface area contributed by atoms with Crippen molar-refractivity contribution in [3.8, 4) is 0 Å². The predicted octanol–water partition coefficient (Wildman–Crippen LogP) is 6.03. The number of rotatable bonds is 14. The Bertz CT molecular complexity index is 424. The molecule has 5 heteroatoms. The lowest BCUT2D eigenvalue weighted by Gasteiger charge is -2.33. The average molecular weight is 385 g/mol. The van der Waals surface area contributed by atoms with Crippen LogP contribution in [0.4, 0.5) is 0 Å². The van der Waals surface area contributed by atoms with Gasteiger partial charge >= 0.3 is 5.97 Å². The van der Waals surface area contributed by atoms with Gasteiger partial charge in [-0.2, -0.15) is 0 Å². The highest BCUT2D eigenvalue weighted by Gasteiger charge is 2.38. The predicted molar refractivity (Wildman–Crippen MR) is 111 cm³/mol. The maximum Gasteiger partial charge on any atom is 0.330 e. The summed E-state index contributed by atoms with van der Waals surface area (Å²) in [5.74, 6) is 0.484. The second-order valence-electron chi connectivity index (χ2n) is 8.86. The highest BCUT2D eigenvalue weighted by atomic mass is 28.4. The molecule has 0 rings (SSSR count). The van der Waals surface area contributed by atoms with Crippen LogP contribution in [0.25, 0.3) is 0 Å². The highest BCUT2D eigenvalue weighted by molar-refractivity contribution is 6.75. The maximum absolute atomic E-state index is 12.5. The second-order valence-corrected chi connectivity index (χ2v) is 12.9. The normalized spacial score (nSPS) is 12.0. The molecule has 26 heavy (non-hydrogen) atoms. The van der Waals surface area contributed by atoms with Crippen LogP contribution in [0, 0.1) is 17.8 Å². The van der Waals surface area contributed by atoms with Gasteiger partial charge in [-0.3, -0.25) is 4.79 Å². The molecule has 0 aliphatic carbocycles. The summed E-state index contributed by atoms with van der Waals surface area (Å²) in [7, 11) is -2.17. The SMILES string of the molecule is C=C(CCC(=O)O[Si](CCC(C)C)(CCC(C)C)CCC(C)C)C(=O)O. The number of aliphatic carboxylic acids is 1. The largest absolute Gasteiger partial charge is 0.519 e. The molecular weight excluding hydrogens is 344 g/mol. The number of hydrogen-bond acceptors (Lipinski definition) is 3. The van der Waals surface area contributed by atoms with E-state index >= 15 is 0 Å². The van der Waals surface area contributed by atoms with Gasteiger partial charge in [0.15, 0.2) is 0 Å². The first kappa shape index (κ1) is 24.9. The number of carbonyl (C=O) groups is 2. The molecule has 0 fully saturated rings. The van der Waals surface area contributed by atoms with Crippen LogP contribution in [0.15, 0.2) is 12.2 Å². The van der Waals surface area contributed by atoms with Crippen molar-refractivity contribution in [3.05, 3.63) is 12.2 Å². The van der Waals surface area contributed by atoms with E-state index in [9.17, 15) is 9.59 Å². The van der Waals surface area contributed by atoms with E-state index in [0.717, 1.165) is 37.4 Å². The average Bonchev–Trinajstić information content (AvgIpc) is 2.53. The van der Waals surface area contributed by atoms with Gasteiger partial charge in [0, 0.05) is 12.0 Å². The van der Waals surface area contributed by atoms with Crippen LogP contribution in [0.2, 0.25) is 18.1 Å². The van der Waals surface area contributed by atoms with Gasteiger partial charge in [0.2, 0.25) is 0 Å². The Morgan fingerprint density at radius 1 is 0.846 bits per heavy atom. The van der Waals surface area contributed by atoms with Crippen molar-refractivity contribution in [1.82, 2.24) is 0 Å². The van der Waals surface area contributed by atoms with Crippen molar-refractivity contribution in [2.45, 2.75) is 91.8 Å². The van der Waals surface area contributed by atoms with E-state index in [4.69, 9.17) is 9.53 Å². The van der Waals surface area contributed by atoms with Crippen LogP contribution >= 0.6 is 0 Å². The summed E-state index contributed by atoms with van der Waals surface area (Å²) < 4.78 is 6.19. The number of carboxylic acid groups (broad SMARTS) is 1. The van der Waals surface area contributed by atoms with Gasteiger partial charge in [0.1, 0.15) is 0 Å². The molecule has 0 bridgehead atoms. The lowest BCUT2D eigenvalue weighted by atomic mass is 10.2. The summed E-state index contributed by atoms with van der Waals surface area (Å²) in [6.45, 7) is 16.8. The Hall–Kier alpha value is -1.10. The molecule has 0 aliphatic heterocycles. The third kappa shape index (κ3) is 11.5. The van der Waals surface area contributed by atoms with Crippen molar-refractivity contribution in [1.29, 1.82) is 0 Å². The van der Waals surface area contributed by atoms with E-state index in [1.165, 1.54) is 0 Å². The molecule has 0 atom stereocenters. The van der Waals surface area contributed by atoms with Crippen LogP contribution in [0.1, 0.15) is 73.6 Å². The number of carbonyl (C=O) groups excluding carboxylic acids is 1. The summed E-state index contributed by atoms with van der Waals surface area (Å²) >= 11 is 0. The van der Waals surface area contributed by atoms with Crippen molar-refractivity contribution in [3.63, 3.8) is 0 Å². The zero-order valence-electron chi connectivity index (χ0n) is 17.8. The Morgan fingerprint density at radius 2 is 1.23 bits per heavy atom. The van der Waals surface area contributed by atoms with Gasteiger partial charge in [0.25, 0.3) is 14.3 Å². The van der Waals surface area contributed by atoms with E-state index in [2.05, 4.69) is 48.1 Å². The fourth-order valence-corrected chi connectivity index (χ4v) is 7.79. The molecule has 0 aromatic carbocycles. The highest BCUT2D eigenvalue weighted by Crippen LogP contribution is 2.32. The van der Waals surface area contributed by atoms with Crippen LogP contribution in [-0.4, -0.2) is 25.4 Å². The number of carboxylic acids is 1. The molecule has 0 aromatic heterocycles. The van der Waals surface area contributed by atoms with Gasteiger partial charge in [-0.05, 0) is 42.3 Å². The molecule has 0 saturated heterocycles. The summed E-state index contributed by atoms with van der Waals surface area (Å²) in [6, 6.07) is 3.03. The molecule has 0 heterocycles. The van der Waals surface area contributed by atoms with Crippen molar-refractivity contribution < 1.29 is 19.1 Å². The molecule has 0 spiro atoms. The summed E-state index contributed by atoms with van der Waals surface area (Å²) in [4.78, 5) is 23.4. The molecule has 1 N–H and O–H groups in total. The first-order valence-electron chi connectivity index (χ1n) is 10.1. The van der Waals surface area contributed by atoms with Gasteiger partial charge in [-0.15, -0.1) is 0 Å². The third-order valence-corrected chi connectivity index (χ3v) is 9.06. The van der Waals surface area contributed by atoms with Crippen LogP contribution in [-0.2, 0) is 14.0 Å². The first-order chi connectivity index (χ1) is 12.0. The fourth-order valence-electron chi connectivity index (χ4n) is 2.84. The Labute approximate surface area is 161 Å². The molecule has 0 amide bonds. The minimum absolute atomic E-state index is 0.0701. The van der Waals surface area contributed by atoms with E-state index in [-0.39, 0.29) is 24.4 Å². The zero-order chi connectivity index (χ0) is 20.3. The summed E-state index contributed by atoms with van der Waals surface area (Å²) in [6.07, 6.45) is 3.52. The number of hydrogen-bond donors (Lipinski definition) is 1. The third-order valence-electron chi connectivity index (χ3n) is 4.80. The Morgan fingerprint density at radius 3 is 1.54 bits per heavy atom. The quantitative estimate of drug-likeness (QED) is 0.293. The molecular formula is C21H40O4Si. The van der Waals surface area contributed by atoms with Crippen molar-refractivity contribution in [2.75, 3.05) is 0 Å². The minimum atomic E-state index is -2.17. The van der Waals surface area contributed by atoms with E-state index in [0.29, 0.717) is 17.8 Å². The molecule has 0 aliphatic rings. The summed E-state index contributed by atoms with van der Waals surface area (Å²) in [5, 5.41) is 8.92. The zero-order valence-corrected chi connectivity index (χ0v) is 18.8. The topological polar surface area (TPSA) is 63.6 Å². The second kappa shape index (κ2) is 12.3. The molecule has 0 unspecified atom stereocenters. The van der Waals surface area contributed by atoms with Crippen LogP contribution < -0.4 is 0 Å². The molecule has 4 nitrogen and oxygen atoms in total. The Kier molecular flexibility index (Phi) is 11.8. The van der Waals surface area contributed by atoms with Gasteiger partial charge in [0.05, 0.1) is 0 Å². The lowest BCUT2D eigenvalue weighted by molar-refractivity contribution is -0.135. The molecule has 152 valence electrons. The van der Waals surface area contributed by atoms with Crippen molar-refractivity contribution >= 4 is 20.3 Å². The minimum Gasteiger partial charge on any atom is -0.519 e. The van der Waals surface area contributed by atoms with Gasteiger partial charge in [-0.25, -0.2) is 4.79 Å².